The van der Waals surface area contributed by atoms with Gasteiger partial charge >= 0.3 is 5.97 Å². The first-order valence-corrected chi connectivity index (χ1v) is 4.40. The maximum atomic E-state index is 12.5. The Kier molecular flexibility index (Phi) is 4.00. The van der Waals surface area contributed by atoms with Gasteiger partial charge in [-0.25, -0.2) is 4.39 Å². The number of hydrogen-bond donors (Lipinski definition) is 1. The van der Waals surface area contributed by atoms with Crippen LogP contribution in [0.15, 0.2) is 30.3 Å². The molecule has 0 radical (unpaired) electrons. The number of nitrogens with two attached hydrogens (primary N) is 1. The average Bonchev–Trinajstić information content (AvgIpc) is 2.26. The number of halogens is 1. The number of rotatable bonds is 3. The summed E-state index contributed by atoms with van der Waals surface area (Å²) in [6.07, 6.45) is 3.14. The fourth-order valence-corrected chi connectivity index (χ4v) is 1.00. The highest BCUT2D eigenvalue weighted by Crippen LogP contribution is 2.05. The number of benzene rings is 1. The number of methoxy groups -OCH3 is 1. The summed E-state index contributed by atoms with van der Waals surface area (Å²) in [6, 6.07) is 5.07. The molecule has 0 saturated heterocycles. The minimum atomic E-state index is -0.792. The van der Waals surface area contributed by atoms with Crippen molar-refractivity contribution in [1.29, 1.82) is 0 Å². The maximum absolute atomic E-state index is 12.5. The van der Waals surface area contributed by atoms with Crippen LogP contribution in [0, 0.1) is 5.82 Å². The fraction of sp³-hybridized carbons (Fsp3) is 0.182. The van der Waals surface area contributed by atoms with E-state index in [9.17, 15) is 9.18 Å². The van der Waals surface area contributed by atoms with Crippen molar-refractivity contribution in [1.82, 2.24) is 0 Å². The van der Waals surface area contributed by atoms with Gasteiger partial charge in [0.25, 0.3) is 0 Å². The third kappa shape index (κ3) is 3.52. The van der Waals surface area contributed by atoms with E-state index in [1.165, 1.54) is 25.3 Å². The molecule has 1 aromatic rings. The highest BCUT2D eigenvalue weighted by Gasteiger charge is 2.08. The number of carbonyl (C=O) groups excluding carboxylic acids is 1. The second-order valence-corrected chi connectivity index (χ2v) is 2.96. The van der Waals surface area contributed by atoms with E-state index >= 15 is 0 Å². The maximum Gasteiger partial charge on any atom is 0.326 e. The third-order valence-corrected chi connectivity index (χ3v) is 1.84. The summed E-state index contributed by atoms with van der Waals surface area (Å²) in [5.41, 5.74) is 6.24. The summed E-state index contributed by atoms with van der Waals surface area (Å²) < 4.78 is 17.0. The molecular weight excluding hydrogens is 197 g/mol. The normalized spacial score (nSPS) is 12.7. The molecule has 15 heavy (non-hydrogen) atoms. The van der Waals surface area contributed by atoms with Crippen molar-refractivity contribution in [2.45, 2.75) is 6.04 Å². The lowest BCUT2D eigenvalue weighted by molar-refractivity contribution is -0.140. The van der Waals surface area contributed by atoms with Gasteiger partial charge in [0.15, 0.2) is 0 Å². The molecule has 2 N–H and O–H groups in total. The Morgan fingerprint density at radius 2 is 2.07 bits per heavy atom. The van der Waals surface area contributed by atoms with Gasteiger partial charge < -0.3 is 10.5 Å². The lowest BCUT2D eigenvalue weighted by atomic mass is 10.2. The van der Waals surface area contributed by atoms with Crippen molar-refractivity contribution in [2.75, 3.05) is 7.11 Å². The molecule has 0 fully saturated rings. The zero-order valence-electron chi connectivity index (χ0n) is 8.31. The highest BCUT2D eigenvalue weighted by molar-refractivity contribution is 5.79. The van der Waals surface area contributed by atoms with Gasteiger partial charge in [0.05, 0.1) is 7.11 Å². The summed E-state index contributed by atoms with van der Waals surface area (Å²) in [7, 11) is 1.27. The molecule has 80 valence electrons. The van der Waals surface area contributed by atoms with E-state index in [2.05, 4.69) is 4.74 Å². The number of ether oxygens (including phenoxy) is 1. The molecule has 0 aromatic heterocycles. The molecular formula is C11H12FNO2. The van der Waals surface area contributed by atoms with Crippen molar-refractivity contribution in [3.8, 4) is 0 Å². The van der Waals surface area contributed by atoms with Crippen LogP contribution >= 0.6 is 0 Å². The van der Waals surface area contributed by atoms with E-state index in [1.54, 1.807) is 18.2 Å². The van der Waals surface area contributed by atoms with Crippen molar-refractivity contribution in [2.24, 2.45) is 5.73 Å². The predicted molar refractivity (Wildman–Crippen MR) is 55.4 cm³/mol. The summed E-state index contributed by atoms with van der Waals surface area (Å²) in [5.74, 6) is -0.808. The van der Waals surface area contributed by atoms with E-state index < -0.39 is 12.0 Å². The minimum Gasteiger partial charge on any atom is -0.468 e. The van der Waals surface area contributed by atoms with Crippen LogP contribution in [0.4, 0.5) is 4.39 Å². The zero-order chi connectivity index (χ0) is 11.3. The smallest absolute Gasteiger partial charge is 0.326 e. The van der Waals surface area contributed by atoms with Gasteiger partial charge in [-0.3, -0.25) is 4.79 Å². The Bertz CT molecular complexity index is 359. The standard InChI is InChI=1S/C11H12FNO2/c1-15-11(14)10(13)7-4-8-2-5-9(12)6-3-8/h2-7,10H,13H2,1H3. The molecule has 1 atom stereocenters. The molecule has 0 aliphatic heterocycles. The monoisotopic (exact) mass is 209 g/mol. The molecule has 0 aliphatic carbocycles. The predicted octanol–water partition coefficient (Wildman–Crippen LogP) is 1.34. The molecule has 1 aromatic carbocycles. The summed E-state index contributed by atoms with van der Waals surface area (Å²) in [4.78, 5) is 10.9. The lowest BCUT2D eigenvalue weighted by Crippen LogP contribution is -2.28. The molecule has 0 aliphatic rings. The second-order valence-electron chi connectivity index (χ2n) is 2.96. The molecule has 1 unspecified atom stereocenters. The first kappa shape index (κ1) is 11.4. The topological polar surface area (TPSA) is 52.3 Å². The van der Waals surface area contributed by atoms with Gasteiger partial charge in [0.1, 0.15) is 11.9 Å². The van der Waals surface area contributed by atoms with E-state index in [4.69, 9.17) is 5.73 Å². The van der Waals surface area contributed by atoms with Gasteiger partial charge in [0, 0.05) is 0 Å². The third-order valence-electron chi connectivity index (χ3n) is 1.84. The lowest BCUT2D eigenvalue weighted by Gasteiger charge is -2.02. The highest BCUT2D eigenvalue weighted by atomic mass is 19.1. The van der Waals surface area contributed by atoms with Crippen LogP contribution in [-0.4, -0.2) is 19.1 Å². The molecule has 0 saturated carbocycles. The summed E-state index contributed by atoms with van der Waals surface area (Å²) in [5, 5.41) is 0. The van der Waals surface area contributed by atoms with Crippen LogP contribution in [0.25, 0.3) is 6.08 Å². The van der Waals surface area contributed by atoms with Gasteiger partial charge in [-0.05, 0) is 17.7 Å². The molecule has 0 amide bonds. The molecule has 1 rings (SSSR count). The zero-order valence-corrected chi connectivity index (χ0v) is 8.31. The first-order valence-electron chi connectivity index (χ1n) is 4.40. The van der Waals surface area contributed by atoms with Crippen molar-refractivity contribution < 1.29 is 13.9 Å². The molecule has 0 heterocycles. The average molecular weight is 209 g/mol. The number of hydrogen-bond acceptors (Lipinski definition) is 3. The Balaban J connectivity index is 2.65. The van der Waals surface area contributed by atoms with Crippen LogP contribution < -0.4 is 5.73 Å². The minimum absolute atomic E-state index is 0.301. The molecule has 0 spiro atoms. The Morgan fingerprint density at radius 3 is 2.60 bits per heavy atom. The fourth-order valence-electron chi connectivity index (χ4n) is 1.00. The second kappa shape index (κ2) is 5.26. The summed E-state index contributed by atoms with van der Waals surface area (Å²) in [6.45, 7) is 0. The quantitative estimate of drug-likeness (QED) is 0.764. The number of esters is 1. The molecule has 0 bridgehead atoms. The van der Waals surface area contributed by atoms with E-state index in [-0.39, 0.29) is 5.82 Å². The van der Waals surface area contributed by atoms with Crippen molar-refractivity contribution in [3.63, 3.8) is 0 Å². The molecule has 3 nitrogen and oxygen atoms in total. The van der Waals surface area contributed by atoms with Crippen LogP contribution in [0.2, 0.25) is 0 Å². The van der Waals surface area contributed by atoms with E-state index in [0.717, 1.165) is 5.56 Å². The van der Waals surface area contributed by atoms with Gasteiger partial charge in [-0.1, -0.05) is 24.3 Å². The first-order chi connectivity index (χ1) is 7.13. The Morgan fingerprint density at radius 1 is 1.47 bits per heavy atom. The van der Waals surface area contributed by atoms with Crippen molar-refractivity contribution >= 4 is 12.0 Å². The van der Waals surface area contributed by atoms with Crippen LogP contribution in [0.3, 0.4) is 0 Å². The van der Waals surface area contributed by atoms with Gasteiger partial charge in [-0.15, -0.1) is 0 Å². The van der Waals surface area contributed by atoms with E-state index in [0.29, 0.717) is 0 Å². The van der Waals surface area contributed by atoms with Crippen molar-refractivity contribution in [3.05, 3.63) is 41.7 Å². The Labute approximate surface area is 87.3 Å². The Hall–Kier alpha value is -1.68. The largest absolute Gasteiger partial charge is 0.468 e. The van der Waals surface area contributed by atoms with E-state index in [1.807, 2.05) is 0 Å². The SMILES string of the molecule is COC(=O)C(N)C=Cc1ccc(F)cc1. The summed E-state index contributed by atoms with van der Waals surface area (Å²) >= 11 is 0. The van der Waals surface area contributed by atoms with Crippen LogP contribution in [0.5, 0.6) is 0 Å². The van der Waals surface area contributed by atoms with Gasteiger partial charge in [-0.2, -0.15) is 0 Å². The van der Waals surface area contributed by atoms with Crippen LogP contribution in [-0.2, 0) is 9.53 Å². The molecule has 4 heteroatoms. The number of carbonyl (C=O) groups is 1. The van der Waals surface area contributed by atoms with Crippen LogP contribution in [0.1, 0.15) is 5.56 Å². The van der Waals surface area contributed by atoms with Gasteiger partial charge in [0.2, 0.25) is 0 Å².